The van der Waals surface area contributed by atoms with Crippen molar-refractivity contribution in [1.82, 2.24) is 19.8 Å². The molecule has 2 heterocycles. The first-order valence-electron chi connectivity index (χ1n) is 11.0. The first-order valence-corrected chi connectivity index (χ1v) is 11.8. The molecule has 8 nitrogen and oxygen atoms in total. The summed E-state index contributed by atoms with van der Waals surface area (Å²) in [5.41, 5.74) is 8.16. The zero-order valence-corrected chi connectivity index (χ0v) is 20.8. The van der Waals surface area contributed by atoms with E-state index in [-0.39, 0.29) is 24.5 Å². The summed E-state index contributed by atoms with van der Waals surface area (Å²) >= 11 is 12.2. The molecule has 3 aromatic rings. The van der Waals surface area contributed by atoms with Gasteiger partial charge in [-0.1, -0.05) is 29.3 Å². The number of fused-ring (bicyclic) bond motifs is 1. The van der Waals surface area contributed by atoms with Crippen LogP contribution >= 0.6 is 23.2 Å². The Balaban J connectivity index is 1.54. The number of halogens is 2. The van der Waals surface area contributed by atoms with Crippen LogP contribution in [-0.2, 0) is 20.9 Å². The van der Waals surface area contributed by atoms with Gasteiger partial charge in [-0.3, -0.25) is 9.59 Å². The topological polar surface area (TPSA) is 102 Å². The number of nitrogens with zero attached hydrogens (tertiary/aromatic N) is 4. The molecule has 1 saturated heterocycles. The Kier molecular flexibility index (Phi) is 7.54. The summed E-state index contributed by atoms with van der Waals surface area (Å²) in [5.74, 6) is -0.0818. The van der Waals surface area contributed by atoms with Crippen LogP contribution < -0.4 is 5.73 Å². The fraction of sp³-hybridized carbons (Fsp3) is 0.280. The largest absolute Gasteiger partial charge is 0.383 e. The molecule has 2 atom stereocenters. The van der Waals surface area contributed by atoms with E-state index in [2.05, 4.69) is 9.97 Å². The maximum atomic E-state index is 13.5. The van der Waals surface area contributed by atoms with Crippen molar-refractivity contribution in [2.75, 3.05) is 26.0 Å². The number of carbonyl (C=O) groups is 2. The zero-order chi connectivity index (χ0) is 25.1. The Hall–Kier alpha value is -3.20. The molecule has 1 fully saturated rings. The maximum absolute atomic E-state index is 13.5. The van der Waals surface area contributed by atoms with E-state index in [1.54, 1.807) is 29.2 Å². The Morgan fingerprint density at radius 1 is 1.23 bits per heavy atom. The van der Waals surface area contributed by atoms with E-state index < -0.39 is 6.04 Å². The number of benzene rings is 2. The Morgan fingerprint density at radius 2 is 2.03 bits per heavy atom. The maximum Gasteiger partial charge on any atom is 0.248 e. The number of rotatable bonds is 6. The molecule has 0 spiro atoms. The van der Waals surface area contributed by atoms with Gasteiger partial charge in [0.25, 0.3) is 0 Å². The lowest BCUT2D eigenvalue weighted by Gasteiger charge is -2.44. The van der Waals surface area contributed by atoms with E-state index in [4.69, 9.17) is 33.7 Å². The molecule has 0 aliphatic carbocycles. The lowest BCUT2D eigenvalue weighted by molar-refractivity contribution is -0.155. The second kappa shape index (κ2) is 10.6. The first-order chi connectivity index (χ1) is 16.8. The minimum atomic E-state index is -0.749. The van der Waals surface area contributed by atoms with Gasteiger partial charge in [0, 0.05) is 47.7 Å². The Labute approximate surface area is 213 Å². The molecule has 0 bridgehead atoms. The van der Waals surface area contributed by atoms with Crippen LogP contribution in [0.5, 0.6) is 0 Å². The zero-order valence-electron chi connectivity index (χ0n) is 19.3. The summed E-state index contributed by atoms with van der Waals surface area (Å²) in [5, 5.41) is 1.75. The fourth-order valence-electron chi connectivity index (χ4n) is 4.17. The number of methoxy groups -OCH3 is 1. The third-order valence-electron chi connectivity index (χ3n) is 5.99. The van der Waals surface area contributed by atoms with Crippen molar-refractivity contribution in [2.24, 2.45) is 0 Å². The lowest BCUT2D eigenvalue weighted by Crippen LogP contribution is -2.63. The van der Waals surface area contributed by atoms with Crippen LogP contribution in [-0.4, -0.2) is 63.9 Å². The highest BCUT2D eigenvalue weighted by molar-refractivity contribution is 6.34. The monoisotopic (exact) mass is 513 g/mol. The fourth-order valence-corrected chi connectivity index (χ4v) is 4.53. The number of nitrogen functional groups attached to an aromatic ring is 1. The molecule has 0 saturated carbocycles. The van der Waals surface area contributed by atoms with Crippen LogP contribution in [0.15, 0.2) is 48.8 Å². The van der Waals surface area contributed by atoms with Gasteiger partial charge in [-0.25, -0.2) is 9.97 Å². The number of amides is 2. The minimum absolute atomic E-state index is 0.0844. The molecule has 0 radical (unpaired) electrons. The smallest absolute Gasteiger partial charge is 0.248 e. The minimum Gasteiger partial charge on any atom is -0.383 e. The highest BCUT2D eigenvalue weighted by Gasteiger charge is 2.40. The van der Waals surface area contributed by atoms with Gasteiger partial charge in [0.2, 0.25) is 11.8 Å². The summed E-state index contributed by atoms with van der Waals surface area (Å²) in [6, 6.07) is 9.71. The van der Waals surface area contributed by atoms with Crippen LogP contribution in [0, 0.1) is 0 Å². The number of hydrogen-bond donors (Lipinski definition) is 1. The molecule has 2 amide bonds. The average Bonchev–Trinajstić information content (AvgIpc) is 2.84. The molecule has 35 heavy (non-hydrogen) atoms. The molecule has 10 heteroatoms. The second-order valence-electron chi connectivity index (χ2n) is 8.39. The van der Waals surface area contributed by atoms with Crippen molar-refractivity contribution in [3.05, 3.63) is 70.0 Å². The highest BCUT2D eigenvalue weighted by atomic mass is 35.5. The van der Waals surface area contributed by atoms with Crippen LogP contribution in [0.3, 0.4) is 0 Å². The summed E-state index contributed by atoms with van der Waals surface area (Å²) in [7, 11) is 1.51. The van der Waals surface area contributed by atoms with Gasteiger partial charge in [-0.2, -0.15) is 0 Å². The van der Waals surface area contributed by atoms with Crippen molar-refractivity contribution < 1.29 is 14.3 Å². The van der Waals surface area contributed by atoms with Gasteiger partial charge in [0.05, 0.1) is 12.1 Å². The Bertz CT molecular complexity index is 1300. The molecule has 182 valence electrons. The number of anilines is 1. The number of piperazine rings is 1. The van der Waals surface area contributed by atoms with Crippen molar-refractivity contribution in [2.45, 2.75) is 25.6 Å². The van der Waals surface area contributed by atoms with Gasteiger partial charge in [0.1, 0.15) is 18.2 Å². The van der Waals surface area contributed by atoms with Crippen LogP contribution in [0.2, 0.25) is 10.0 Å². The number of aromatic nitrogens is 2. The third kappa shape index (κ3) is 5.40. The summed E-state index contributed by atoms with van der Waals surface area (Å²) < 4.78 is 5.30. The SMILES string of the molecule is COCC1C(=O)N(Cc2ccc3c(N)ncnc3c2)C(C)CN1C(=O)C=Cc1cc(Cl)ccc1Cl. The lowest BCUT2D eigenvalue weighted by atomic mass is 10.0. The molecule has 1 aliphatic rings. The third-order valence-corrected chi connectivity index (χ3v) is 6.57. The van der Waals surface area contributed by atoms with E-state index in [0.717, 1.165) is 10.9 Å². The van der Waals surface area contributed by atoms with E-state index in [9.17, 15) is 9.59 Å². The van der Waals surface area contributed by atoms with Crippen molar-refractivity contribution in [1.29, 1.82) is 0 Å². The molecule has 1 aromatic heterocycles. The second-order valence-corrected chi connectivity index (χ2v) is 9.23. The number of hydrogen-bond acceptors (Lipinski definition) is 6. The first kappa shape index (κ1) is 24.9. The highest BCUT2D eigenvalue weighted by Crippen LogP contribution is 2.25. The molecule has 2 aromatic carbocycles. The van der Waals surface area contributed by atoms with Crippen molar-refractivity contribution >= 4 is 57.8 Å². The molecule has 4 rings (SSSR count). The standard InChI is InChI=1S/C25H25Cl2N5O3/c1-15-11-32(23(33)8-4-17-10-18(26)5-7-20(17)27)22(13-35-2)25(34)31(15)12-16-3-6-19-21(9-16)29-14-30-24(19)28/h3-10,14-15,22H,11-13H2,1-2H3,(H2,28,29,30). The predicted octanol–water partition coefficient (Wildman–Crippen LogP) is 3.81. The van der Waals surface area contributed by atoms with Crippen molar-refractivity contribution in [3.63, 3.8) is 0 Å². The Morgan fingerprint density at radius 3 is 2.80 bits per heavy atom. The molecular formula is C25H25Cl2N5O3. The molecule has 2 unspecified atom stereocenters. The number of nitrogens with two attached hydrogens (primary N) is 1. The predicted molar refractivity (Wildman–Crippen MR) is 137 cm³/mol. The number of carbonyl (C=O) groups excluding carboxylic acids is 2. The average molecular weight is 514 g/mol. The van der Waals surface area contributed by atoms with Gasteiger partial charge in [-0.15, -0.1) is 0 Å². The molecule has 2 N–H and O–H groups in total. The number of ether oxygens (including phenoxy) is 1. The quantitative estimate of drug-likeness (QED) is 0.502. The summed E-state index contributed by atoms with van der Waals surface area (Å²) in [6.45, 7) is 2.73. The van der Waals surface area contributed by atoms with Crippen LogP contribution in [0.1, 0.15) is 18.1 Å². The van der Waals surface area contributed by atoms with Crippen LogP contribution in [0.4, 0.5) is 5.82 Å². The molecule has 1 aliphatic heterocycles. The van der Waals surface area contributed by atoms with E-state index in [1.165, 1.54) is 24.4 Å². The van der Waals surface area contributed by atoms with Gasteiger partial charge in [0.15, 0.2) is 0 Å². The van der Waals surface area contributed by atoms with E-state index in [0.29, 0.717) is 40.0 Å². The molecular weight excluding hydrogens is 489 g/mol. The van der Waals surface area contributed by atoms with Gasteiger partial charge in [-0.05, 0) is 54.5 Å². The van der Waals surface area contributed by atoms with Crippen molar-refractivity contribution in [3.8, 4) is 0 Å². The summed E-state index contributed by atoms with van der Waals surface area (Å²) in [6.07, 6.45) is 4.42. The van der Waals surface area contributed by atoms with E-state index >= 15 is 0 Å². The van der Waals surface area contributed by atoms with Gasteiger partial charge >= 0.3 is 0 Å². The normalized spacial score (nSPS) is 18.6. The van der Waals surface area contributed by atoms with E-state index in [1.807, 2.05) is 25.1 Å². The van der Waals surface area contributed by atoms with Gasteiger partial charge < -0.3 is 20.3 Å². The summed E-state index contributed by atoms with van der Waals surface area (Å²) in [4.78, 5) is 38.2. The van der Waals surface area contributed by atoms with Crippen LogP contribution in [0.25, 0.3) is 17.0 Å².